The summed E-state index contributed by atoms with van der Waals surface area (Å²) < 4.78 is 5.21. The fourth-order valence-corrected chi connectivity index (χ4v) is 2.47. The van der Waals surface area contributed by atoms with Crippen molar-refractivity contribution in [2.24, 2.45) is 0 Å². The standard InChI is InChI=1S/C16H23N3O4/c1-12(2)17-15(21)16(22)19-9-7-18(8-10-19)14(20)6-5-13-4-3-11-23-13/h3-4,11-12H,5-10H2,1-2H3,(H,17,21). The molecule has 1 aliphatic heterocycles. The maximum atomic E-state index is 12.2. The summed E-state index contributed by atoms with van der Waals surface area (Å²) in [7, 11) is 0. The molecule has 7 heteroatoms. The van der Waals surface area contributed by atoms with Crippen LogP contribution in [0.1, 0.15) is 26.0 Å². The van der Waals surface area contributed by atoms with Gasteiger partial charge in [-0.2, -0.15) is 0 Å². The number of nitrogens with zero attached hydrogens (tertiary/aromatic N) is 2. The molecule has 0 spiro atoms. The van der Waals surface area contributed by atoms with Crippen molar-refractivity contribution in [3.05, 3.63) is 24.2 Å². The normalized spacial score (nSPS) is 14.9. The Balaban J connectivity index is 1.75. The topological polar surface area (TPSA) is 82.9 Å². The third kappa shape index (κ3) is 4.84. The number of amides is 3. The van der Waals surface area contributed by atoms with Crippen LogP contribution >= 0.6 is 0 Å². The van der Waals surface area contributed by atoms with Crippen molar-refractivity contribution in [3.63, 3.8) is 0 Å². The number of furan rings is 1. The number of carbonyl (C=O) groups excluding carboxylic acids is 3. The third-order valence-electron chi connectivity index (χ3n) is 3.70. The molecule has 23 heavy (non-hydrogen) atoms. The Morgan fingerprint density at radius 1 is 1.17 bits per heavy atom. The quantitative estimate of drug-likeness (QED) is 0.814. The molecular weight excluding hydrogens is 298 g/mol. The van der Waals surface area contributed by atoms with Gasteiger partial charge >= 0.3 is 11.8 Å². The van der Waals surface area contributed by atoms with Gasteiger partial charge in [0.1, 0.15) is 5.76 Å². The van der Waals surface area contributed by atoms with Crippen LogP contribution in [0.3, 0.4) is 0 Å². The van der Waals surface area contributed by atoms with E-state index in [4.69, 9.17) is 4.42 Å². The van der Waals surface area contributed by atoms with E-state index in [9.17, 15) is 14.4 Å². The second kappa shape index (κ2) is 7.80. The molecule has 2 heterocycles. The average Bonchev–Trinajstić information content (AvgIpc) is 3.04. The van der Waals surface area contributed by atoms with E-state index in [-0.39, 0.29) is 11.9 Å². The summed E-state index contributed by atoms with van der Waals surface area (Å²) in [6.07, 6.45) is 2.55. The lowest BCUT2D eigenvalue weighted by Crippen LogP contribution is -2.54. The monoisotopic (exact) mass is 321 g/mol. The van der Waals surface area contributed by atoms with Crippen LogP contribution in [0.15, 0.2) is 22.8 Å². The first-order valence-electron chi connectivity index (χ1n) is 7.87. The minimum Gasteiger partial charge on any atom is -0.469 e. The predicted molar refractivity (Wildman–Crippen MR) is 83.5 cm³/mol. The molecule has 1 aromatic rings. The number of carbonyl (C=O) groups is 3. The van der Waals surface area contributed by atoms with E-state index in [1.54, 1.807) is 31.1 Å². The van der Waals surface area contributed by atoms with Crippen LogP contribution in [-0.4, -0.2) is 59.7 Å². The summed E-state index contributed by atoms with van der Waals surface area (Å²) >= 11 is 0. The van der Waals surface area contributed by atoms with Gasteiger partial charge in [-0.15, -0.1) is 0 Å². The lowest BCUT2D eigenvalue weighted by atomic mass is 10.2. The molecule has 1 N–H and O–H groups in total. The minimum atomic E-state index is -0.586. The van der Waals surface area contributed by atoms with Gasteiger partial charge in [-0.05, 0) is 26.0 Å². The molecule has 0 aliphatic carbocycles. The van der Waals surface area contributed by atoms with Gasteiger partial charge in [-0.25, -0.2) is 0 Å². The van der Waals surface area contributed by atoms with Crippen molar-refractivity contribution < 1.29 is 18.8 Å². The number of piperazine rings is 1. The van der Waals surface area contributed by atoms with Gasteiger partial charge in [0, 0.05) is 45.1 Å². The van der Waals surface area contributed by atoms with Crippen LogP contribution in [0.4, 0.5) is 0 Å². The molecule has 0 unspecified atom stereocenters. The lowest BCUT2D eigenvalue weighted by Gasteiger charge is -2.34. The summed E-state index contributed by atoms with van der Waals surface area (Å²) in [5.74, 6) is -0.281. The van der Waals surface area contributed by atoms with E-state index >= 15 is 0 Å². The summed E-state index contributed by atoms with van der Waals surface area (Å²) in [6.45, 7) is 5.30. The first kappa shape index (κ1) is 17.1. The maximum Gasteiger partial charge on any atom is 0.312 e. The van der Waals surface area contributed by atoms with Crippen molar-refractivity contribution >= 4 is 17.7 Å². The summed E-state index contributed by atoms with van der Waals surface area (Å²) in [4.78, 5) is 39.1. The fourth-order valence-electron chi connectivity index (χ4n) is 2.47. The van der Waals surface area contributed by atoms with Crippen LogP contribution in [0.2, 0.25) is 0 Å². The molecular formula is C16H23N3O4. The van der Waals surface area contributed by atoms with Crippen molar-refractivity contribution in [1.29, 1.82) is 0 Å². The van der Waals surface area contributed by atoms with Gasteiger partial charge in [0.15, 0.2) is 0 Å². The highest BCUT2D eigenvalue weighted by atomic mass is 16.3. The molecule has 1 aromatic heterocycles. The Bertz CT molecular complexity index is 546. The van der Waals surface area contributed by atoms with Crippen LogP contribution in [0, 0.1) is 0 Å². The third-order valence-corrected chi connectivity index (χ3v) is 3.70. The highest BCUT2D eigenvalue weighted by molar-refractivity contribution is 6.35. The van der Waals surface area contributed by atoms with Gasteiger partial charge in [-0.1, -0.05) is 0 Å². The molecule has 0 bridgehead atoms. The SMILES string of the molecule is CC(C)NC(=O)C(=O)N1CCN(C(=O)CCc2ccco2)CC1. The van der Waals surface area contributed by atoms with Gasteiger partial charge < -0.3 is 19.5 Å². The smallest absolute Gasteiger partial charge is 0.312 e. The van der Waals surface area contributed by atoms with Crippen molar-refractivity contribution in [2.45, 2.75) is 32.7 Å². The van der Waals surface area contributed by atoms with Crippen molar-refractivity contribution in [3.8, 4) is 0 Å². The molecule has 126 valence electrons. The van der Waals surface area contributed by atoms with E-state index < -0.39 is 11.8 Å². The van der Waals surface area contributed by atoms with Crippen molar-refractivity contribution in [1.82, 2.24) is 15.1 Å². The molecule has 3 amide bonds. The Labute approximate surface area is 135 Å². The Morgan fingerprint density at radius 2 is 1.83 bits per heavy atom. The number of nitrogens with one attached hydrogen (secondary N) is 1. The van der Waals surface area contributed by atoms with Crippen LogP contribution in [0.5, 0.6) is 0 Å². The van der Waals surface area contributed by atoms with Gasteiger partial charge in [0.2, 0.25) is 5.91 Å². The lowest BCUT2D eigenvalue weighted by molar-refractivity contribution is -0.148. The molecule has 1 aliphatic rings. The highest BCUT2D eigenvalue weighted by Crippen LogP contribution is 2.08. The molecule has 2 rings (SSSR count). The largest absolute Gasteiger partial charge is 0.469 e. The first-order valence-corrected chi connectivity index (χ1v) is 7.87. The van der Waals surface area contributed by atoms with Crippen LogP contribution in [0.25, 0.3) is 0 Å². The molecule has 0 atom stereocenters. The highest BCUT2D eigenvalue weighted by Gasteiger charge is 2.27. The number of hydrogen-bond donors (Lipinski definition) is 1. The van der Waals surface area contributed by atoms with Gasteiger partial charge in [0.25, 0.3) is 0 Å². The number of rotatable bonds is 4. The average molecular weight is 321 g/mol. The van der Waals surface area contributed by atoms with E-state index in [1.165, 1.54) is 4.90 Å². The van der Waals surface area contributed by atoms with Crippen LogP contribution < -0.4 is 5.32 Å². The summed E-state index contributed by atoms with van der Waals surface area (Å²) in [5.41, 5.74) is 0. The van der Waals surface area contributed by atoms with E-state index in [1.807, 2.05) is 6.07 Å². The summed E-state index contributed by atoms with van der Waals surface area (Å²) in [5, 5.41) is 2.59. The zero-order chi connectivity index (χ0) is 16.8. The predicted octanol–water partition coefficient (Wildman–Crippen LogP) is 0.408. The van der Waals surface area contributed by atoms with Gasteiger partial charge in [0.05, 0.1) is 6.26 Å². The Morgan fingerprint density at radius 3 is 2.39 bits per heavy atom. The minimum absolute atomic E-state index is 0.0418. The molecule has 1 saturated heterocycles. The second-order valence-electron chi connectivity index (χ2n) is 5.88. The Hall–Kier alpha value is -2.31. The molecule has 7 nitrogen and oxygen atoms in total. The molecule has 0 saturated carbocycles. The van der Waals surface area contributed by atoms with E-state index in [2.05, 4.69) is 5.32 Å². The van der Waals surface area contributed by atoms with E-state index in [0.29, 0.717) is 39.0 Å². The maximum absolute atomic E-state index is 12.2. The zero-order valence-electron chi connectivity index (χ0n) is 13.6. The zero-order valence-corrected chi connectivity index (χ0v) is 13.6. The molecule has 0 aromatic carbocycles. The summed E-state index contributed by atoms with van der Waals surface area (Å²) in [6, 6.07) is 3.57. The number of hydrogen-bond acceptors (Lipinski definition) is 4. The second-order valence-corrected chi connectivity index (χ2v) is 5.88. The van der Waals surface area contributed by atoms with E-state index in [0.717, 1.165) is 5.76 Å². The van der Waals surface area contributed by atoms with Crippen molar-refractivity contribution in [2.75, 3.05) is 26.2 Å². The van der Waals surface area contributed by atoms with Crippen LogP contribution in [-0.2, 0) is 20.8 Å². The number of aryl methyl sites for hydroxylation is 1. The first-order chi connectivity index (χ1) is 11.0. The molecule has 0 radical (unpaired) electrons. The van der Waals surface area contributed by atoms with Gasteiger partial charge in [-0.3, -0.25) is 14.4 Å². The molecule has 1 fully saturated rings. The Kier molecular flexibility index (Phi) is 5.78. The fraction of sp³-hybridized carbons (Fsp3) is 0.562.